The molecule has 1 aromatic carbocycles. The van der Waals surface area contributed by atoms with Crippen LogP contribution in [0.15, 0.2) is 39.8 Å². The molecule has 2 aromatic heterocycles. The van der Waals surface area contributed by atoms with Crippen molar-refractivity contribution in [3.8, 4) is 0 Å². The standard InChI is InChI=1S/C17H19N3O3S/c1-11-17(12(2)23-19-11)24(21,22)20-8-7-14(10-20)16-9-13-5-3-4-6-15(13)18-16/h3-6,9,14,18H,7-8,10H2,1-2H3. The lowest BCUT2D eigenvalue weighted by molar-refractivity contribution is 0.389. The molecule has 1 aliphatic heterocycles. The SMILES string of the molecule is Cc1noc(C)c1S(=O)(=O)N1CCC(c2cc3ccccc3[nH]2)C1. The van der Waals surface area contributed by atoms with Crippen molar-refractivity contribution in [2.45, 2.75) is 31.1 Å². The highest BCUT2D eigenvalue weighted by Gasteiger charge is 2.37. The topological polar surface area (TPSA) is 79.2 Å². The predicted octanol–water partition coefficient (Wildman–Crippen LogP) is 2.95. The van der Waals surface area contributed by atoms with E-state index in [1.54, 1.807) is 13.8 Å². The van der Waals surface area contributed by atoms with Gasteiger partial charge >= 0.3 is 0 Å². The van der Waals surface area contributed by atoms with E-state index in [2.05, 4.69) is 22.3 Å². The second-order valence-corrected chi connectivity index (χ2v) is 8.19. The molecule has 0 spiro atoms. The van der Waals surface area contributed by atoms with Crippen molar-refractivity contribution < 1.29 is 12.9 Å². The first-order valence-electron chi connectivity index (χ1n) is 7.97. The molecule has 24 heavy (non-hydrogen) atoms. The Morgan fingerprint density at radius 2 is 2.08 bits per heavy atom. The lowest BCUT2D eigenvalue weighted by atomic mass is 10.1. The molecule has 1 fully saturated rings. The number of sulfonamides is 1. The number of aromatic nitrogens is 2. The van der Waals surface area contributed by atoms with Crippen LogP contribution in [0, 0.1) is 13.8 Å². The van der Waals surface area contributed by atoms with Gasteiger partial charge in [0, 0.05) is 30.2 Å². The van der Waals surface area contributed by atoms with Gasteiger partial charge in [-0.15, -0.1) is 0 Å². The number of para-hydroxylation sites is 1. The van der Waals surface area contributed by atoms with Crippen molar-refractivity contribution in [1.29, 1.82) is 0 Å². The summed E-state index contributed by atoms with van der Waals surface area (Å²) >= 11 is 0. The van der Waals surface area contributed by atoms with Crippen LogP contribution in [0.1, 0.15) is 29.5 Å². The number of fused-ring (bicyclic) bond motifs is 1. The van der Waals surface area contributed by atoms with Gasteiger partial charge in [0.05, 0.1) is 0 Å². The molecule has 0 aliphatic carbocycles. The first-order chi connectivity index (χ1) is 11.5. The zero-order valence-electron chi connectivity index (χ0n) is 13.6. The van der Waals surface area contributed by atoms with Crippen molar-refractivity contribution in [3.63, 3.8) is 0 Å². The predicted molar refractivity (Wildman–Crippen MR) is 90.4 cm³/mol. The molecule has 0 amide bonds. The molecular weight excluding hydrogens is 326 g/mol. The Balaban J connectivity index is 1.62. The molecule has 126 valence electrons. The Kier molecular flexibility index (Phi) is 3.51. The molecule has 1 saturated heterocycles. The van der Waals surface area contributed by atoms with E-state index in [0.29, 0.717) is 24.5 Å². The lowest BCUT2D eigenvalue weighted by Crippen LogP contribution is -2.29. The zero-order chi connectivity index (χ0) is 16.9. The second kappa shape index (κ2) is 5.46. The van der Waals surface area contributed by atoms with Crippen molar-refractivity contribution in [2.75, 3.05) is 13.1 Å². The van der Waals surface area contributed by atoms with E-state index in [0.717, 1.165) is 23.0 Å². The molecule has 1 aliphatic rings. The Hall–Kier alpha value is -2.12. The Labute approximate surface area is 140 Å². The molecule has 6 nitrogen and oxygen atoms in total. The van der Waals surface area contributed by atoms with Crippen LogP contribution in [0.25, 0.3) is 10.9 Å². The van der Waals surface area contributed by atoms with Gasteiger partial charge in [0.2, 0.25) is 10.0 Å². The number of aryl methyl sites for hydroxylation is 2. The summed E-state index contributed by atoms with van der Waals surface area (Å²) in [5, 5.41) is 4.93. The van der Waals surface area contributed by atoms with Crippen molar-refractivity contribution >= 4 is 20.9 Å². The fourth-order valence-corrected chi connectivity index (χ4v) is 5.28. The second-order valence-electron chi connectivity index (χ2n) is 6.31. The summed E-state index contributed by atoms with van der Waals surface area (Å²) in [4.78, 5) is 3.62. The van der Waals surface area contributed by atoms with Gasteiger partial charge in [-0.3, -0.25) is 0 Å². The van der Waals surface area contributed by atoms with Crippen LogP contribution in [0.4, 0.5) is 0 Å². The molecular formula is C17H19N3O3S. The largest absolute Gasteiger partial charge is 0.360 e. The molecule has 3 aromatic rings. The molecule has 0 radical (unpaired) electrons. The highest BCUT2D eigenvalue weighted by Crippen LogP contribution is 2.33. The number of nitrogens with zero attached hydrogens (tertiary/aromatic N) is 2. The quantitative estimate of drug-likeness (QED) is 0.791. The Morgan fingerprint density at radius 1 is 1.29 bits per heavy atom. The van der Waals surface area contributed by atoms with Crippen molar-refractivity contribution in [3.05, 3.63) is 47.5 Å². The summed E-state index contributed by atoms with van der Waals surface area (Å²) < 4.78 is 32.4. The minimum absolute atomic E-state index is 0.174. The minimum Gasteiger partial charge on any atom is -0.360 e. The fraction of sp³-hybridized carbons (Fsp3) is 0.353. The van der Waals surface area contributed by atoms with Gasteiger partial charge in [-0.25, -0.2) is 8.42 Å². The summed E-state index contributed by atoms with van der Waals surface area (Å²) in [7, 11) is -3.56. The number of nitrogens with one attached hydrogen (secondary N) is 1. The van der Waals surface area contributed by atoms with Crippen LogP contribution in [0.3, 0.4) is 0 Å². The molecule has 4 rings (SSSR count). The van der Waals surface area contributed by atoms with E-state index in [-0.39, 0.29) is 10.8 Å². The van der Waals surface area contributed by atoms with Gasteiger partial charge in [0.25, 0.3) is 0 Å². The monoisotopic (exact) mass is 345 g/mol. The zero-order valence-corrected chi connectivity index (χ0v) is 14.4. The van der Waals surface area contributed by atoms with E-state index in [1.807, 2.05) is 18.2 Å². The van der Waals surface area contributed by atoms with E-state index in [4.69, 9.17) is 4.52 Å². The summed E-state index contributed by atoms with van der Waals surface area (Å²) in [5.41, 5.74) is 2.59. The molecule has 1 atom stereocenters. The van der Waals surface area contributed by atoms with Gasteiger partial charge < -0.3 is 9.51 Å². The molecule has 1 unspecified atom stereocenters. The Morgan fingerprint density at radius 3 is 2.79 bits per heavy atom. The molecule has 0 saturated carbocycles. The summed E-state index contributed by atoms with van der Waals surface area (Å²) in [6.45, 7) is 4.28. The Bertz CT molecular complexity index is 951. The van der Waals surface area contributed by atoms with Gasteiger partial charge in [-0.05, 0) is 37.8 Å². The van der Waals surface area contributed by atoms with Gasteiger partial charge in [0.15, 0.2) is 5.76 Å². The third-order valence-corrected chi connectivity index (χ3v) is 6.82. The molecule has 3 heterocycles. The van der Waals surface area contributed by atoms with E-state index < -0.39 is 10.0 Å². The fourth-order valence-electron chi connectivity index (χ4n) is 3.49. The minimum atomic E-state index is -3.56. The molecule has 0 bridgehead atoms. The summed E-state index contributed by atoms with van der Waals surface area (Å²) in [6, 6.07) is 10.2. The number of aromatic amines is 1. The van der Waals surface area contributed by atoms with Crippen LogP contribution in [0.5, 0.6) is 0 Å². The highest BCUT2D eigenvalue weighted by atomic mass is 32.2. The number of benzene rings is 1. The van der Waals surface area contributed by atoms with E-state index >= 15 is 0 Å². The number of hydrogen-bond donors (Lipinski definition) is 1. The average Bonchev–Trinajstić information content (AvgIpc) is 3.24. The third-order valence-electron chi connectivity index (χ3n) is 4.71. The lowest BCUT2D eigenvalue weighted by Gasteiger charge is -2.16. The maximum Gasteiger partial charge on any atom is 0.248 e. The highest BCUT2D eigenvalue weighted by molar-refractivity contribution is 7.89. The van der Waals surface area contributed by atoms with Crippen LogP contribution in [0.2, 0.25) is 0 Å². The number of H-pyrrole nitrogens is 1. The summed E-state index contributed by atoms with van der Waals surface area (Å²) in [6.07, 6.45) is 0.801. The first kappa shape index (κ1) is 15.4. The number of hydrogen-bond acceptors (Lipinski definition) is 4. The molecule has 1 N–H and O–H groups in total. The van der Waals surface area contributed by atoms with Crippen LogP contribution in [-0.4, -0.2) is 36.0 Å². The van der Waals surface area contributed by atoms with E-state index in [9.17, 15) is 8.42 Å². The van der Waals surface area contributed by atoms with Crippen molar-refractivity contribution in [1.82, 2.24) is 14.4 Å². The third kappa shape index (κ3) is 2.35. The van der Waals surface area contributed by atoms with Gasteiger partial charge in [0.1, 0.15) is 10.6 Å². The number of rotatable bonds is 3. The maximum absolute atomic E-state index is 12.9. The normalized spacial score (nSPS) is 19.3. The average molecular weight is 345 g/mol. The maximum atomic E-state index is 12.9. The van der Waals surface area contributed by atoms with Crippen molar-refractivity contribution in [2.24, 2.45) is 0 Å². The van der Waals surface area contributed by atoms with Gasteiger partial charge in [-0.2, -0.15) is 4.31 Å². The van der Waals surface area contributed by atoms with E-state index in [1.165, 1.54) is 4.31 Å². The first-order valence-corrected chi connectivity index (χ1v) is 9.41. The van der Waals surface area contributed by atoms with Crippen LogP contribution < -0.4 is 0 Å². The van der Waals surface area contributed by atoms with Crippen LogP contribution >= 0.6 is 0 Å². The smallest absolute Gasteiger partial charge is 0.248 e. The molecule has 7 heteroatoms. The summed E-state index contributed by atoms with van der Waals surface area (Å²) in [5.74, 6) is 0.522. The van der Waals surface area contributed by atoms with Gasteiger partial charge in [-0.1, -0.05) is 23.4 Å². The van der Waals surface area contributed by atoms with Crippen LogP contribution in [-0.2, 0) is 10.0 Å².